The van der Waals surface area contributed by atoms with Gasteiger partial charge in [0.15, 0.2) is 5.16 Å². The van der Waals surface area contributed by atoms with E-state index < -0.39 is 11.9 Å². The maximum absolute atomic E-state index is 12.3. The van der Waals surface area contributed by atoms with Crippen molar-refractivity contribution in [3.63, 3.8) is 0 Å². The van der Waals surface area contributed by atoms with Gasteiger partial charge in [0.25, 0.3) is 0 Å². The van der Waals surface area contributed by atoms with Crippen LogP contribution in [0.2, 0.25) is 0 Å². The van der Waals surface area contributed by atoms with Crippen molar-refractivity contribution in [1.82, 2.24) is 20.1 Å². The third-order valence-electron chi connectivity index (χ3n) is 4.24. The molecule has 31 heavy (non-hydrogen) atoms. The first-order valence-corrected chi connectivity index (χ1v) is 11.4. The Morgan fingerprint density at radius 1 is 0.935 bits per heavy atom. The van der Waals surface area contributed by atoms with Crippen molar-refractivity contribution >= 4 is 40.7 Å². The highest BCUT2D eigenvalue weighted by Gasteiger charge is 2.17. The van der Waals surface area contributed by atoms with Gasteiger partial charge in [-0.1, -0.05) is 54.2 Å². The summed E-state index contributed by atoms with van der Waals surface area (Å²) in [7, 11) is 0. The van der Waals surface area contributed by atoms with E-state index in [9.17, 15) is 9.59 Å². The predicted molar refractivity (Wildman–Crippen MR) is 123 cm³/mol. The van der Waals surface area contributed by atoms with Crippen LogP contribution in [0, 0.1) is 0 Å². The van der Waals surface area contributed by atoms with Crippen molar-refractivity contribution in [2.75, 3.05) is 11.1 Å². The Bertz CT molecular complexity index is 1150. The molecule has 0 aliphatic carbocycles. The highest BCUT2D eigenvalue weighted by Crippen LogP contribution is 2.24. The fourth-order valence-electron chi connectivity index (χ4n) is 2.89. The van der Waals surface area contributed by atoms with Crippen LogP contribution in [0.15, 0.2) is 83.3 Å². The number of carbonyl (C=O) groups excluding carboxylic acids is 2. The molecule has 2 aromatic heterocycles. The van der Waals surface area contributed by atoms with Gasteiger partial charge in [0.2, 0.25) is 5.91 Å². The number of hydrogen-bond donors (Lipinski definition) is 2. The molecule has 4 rings (SSSR count). The summed E-state index contributed by atoms with van der Waals surface area (Å²) < 4.78 is 1.95. The van der Waals surface area contributed by atoms with Crippen molar-refractivity contribution in [3.8, 4) is 5.69 Å². The van der Waals surface area contributed by atoms with Gasteiger partial charge in [-0.25, -0.2) is 4.79 Å². The molecule has 7 nitrogen and oxygen atoms in total. The molecule has 4 aromatic rings. The van der Waals surface area contributed by atoms with Crippen LogP contribution in [0.1, 0.15) is 10.7 Å². The molecule has 3 amide bonds. The van der Waals surface area contributed by atoms with Crippen molar-refractivity contribution < 1.29 is 9.59 Å². The largest absolute Gasteiger partial charge is 0.325 e. The van der Waals surface area contributed by atoms with Crippen molar-refractivity contribution in [1.29, 1.82) is 0 Å². The van der Waals surface area contributed by atoms with Gasteiger partial charge < -0.3 is 5.32 Å². The van der Waals surface area contributed by atoms with Crippen LogP contribution in [0.5, 0.6) is 0 Å². The lowest BCUT2D eigenvalue weighted by atomic mass is 10.3. The molecular weight excluding hydrogens is 430 g/mol. The van der Waals surface area contributed by atoms with E-state index in [-0.39, 0.29) is 5.75 Å². The Morgan fingerprint density at radius 3 is 2.39 bits per heavy atom. The molecule has 0 aliphatic rings. The highest BCUT2D eigenvalue weighted by molar-refractivity contribution is 7.99. The van der Waals surface area contributed by atoms with E-state index in [4.69, 9.17) is 0 Å². The van der Waals surface area contributed by atoms with Crippen molar-refractivity contribution in [3.05, 3.63) is 88.9 Å². The molecule has 0 atom stereocenters. The normalized spacial score (nSPS) is 10.6. The van der Waals surface area contributed by atoms with E-state index in [1.165, 1.54) is 16.6 Å². The molecule has 0 spiro atoms. The first-order valence-electron chi connectivity index (χ1n) is 9.50. The molecule has 2 heterocycles. The molecular formula is C22H19N5O2S2. The molecule has 0 fully saturated rings. The first-order chi connectivity index (χ1) is 15.2. The zero-order valence-corrected chi connectivity index (χ0v) is 18.0. The lowest BCUT2D eigenvalue weighted by Crippen LogP contribution is -2.35. The van der Waals surface area contributed by atoms with Gasteiger partial charge in [-0.2, -0.15) is 0 Å². The SMILES string of the molecule is O=C(CSc1nnc(Cc2cccs2)n1-c1ccccc1)NC(=O)Nc1ccccc1. The number of thioether (sulfide) groups is 1. The number of imide groups is 1. The van der Waals surface area contributed by atoms with E-state index in [1.807, 2.05) is 52.4 Å². The topological polar surface area (TPSA) is 88.9 Å². The summed E-state index contributed by atoms with van der Waals surface area (Å²) in [6.07, 6.45) is 0.645. The Balaban J connectivity index is 1.43. The molecule has 2 N–H and O–H groups in total. The number of aromatic nitrogens is 3. The smallest absolute Gasteiger partial charge is 0.308 e. The number of thiophene rings is 1. The molecule has 0 saturated heterocycles. The average molecular weight is 450 g/mol. The lowest BCUT2D eigenvalue weighted by Gasteiger charge is -2.10. The number of rotatable bonds is 7. The quantitative estimate of drug-likeness (QED) is 0.409. The molecule has 9 heteroatoms. The van der Waals surface area contributed by atoms with Crippen LogP contribution < -0.4 is 10.6 Å². The Labute approximate surface area is 187 Å². The molecule has 0 unspecified atom stereocenters. The minimum atomic E-state index is -0.570. The van der Waals surface area contributed by atoms with Gasteiger partial charge in [-0.3, -0.25) is 14.7 Å². The molecule has 0 aliphatic heterocycles. The maximum Gasteiger partial charge on any atom is 0.325 e. The van der Waals surface area contributed by atoms with Gasteiger partial charge in [0.05, 0.1) is 5.75 Å². The molecule has 2 aromatic carbocycles. The fraction of sp³-hybridized carbons (Fsp3) is 0.0909. The van der Waals surface area contributed by atoms with Gasteiger partial charge in [-0.15, -0.1) is 21.5 Å². The second-order valence-corrected chi connectivity index (χ2v) is 8.46. The van der Waals surface area contributed by atoms with Crippen LogP contribution >= 0.6 is 23.1 Å². The number of hydrogen-bond acceptors (Lipinski definition) is 6. The average Bonchev–Trinajstić information content (AvgIpc) is 3.44. The molecule has 0 bridgehead atoms. The molecule has 156 valence electrons. The summed E-state index contributed by atoms with van der Waals surface area (Å²) in [5, 5.41) is 16.2. The highest BCUT2D eigenvalue weighted by atomic mass is 32.2. The van der Waals surface area contributed by atoms with E-state index in [2.05, 4.69) is 26.9 Å². The van der Waals surface area contributed by atoms with Gasteiger partial charge in [0, 0.05) is 22.7 Å². The summed E-state index contributed by atoms with van der Waals surface area (Å²) in [4.78, 5) is 25.5. The predicted octanol–water partition coefficient (Wildman–Crippen LogP) is 4.36. The Hall–Kier alpha value is -3.43. The molecule has 0 saturated carbocycles. The van der Waals surface area contributed by atoms with E-state index >= 15 is 0 Å². The minimum absolute atomic E-state index is 0.0339. The van der Waals surface area contributed by atoms with E-state index in [0.29, 0.717) is 17.3 Å². The standard InChI is InChI=1S/C22H19N5O2S2/c28-20(24-21(29)23-16-8-3-1-4-9-16)15-31-22-26-25-19(14-18-12-7-13-30-18)27(22)17-10-5-2-6-11-17/h1-13H,14-15H2,(H2,23,24,28,29). The summed E-state index contributed by atoms with van der Waals surface area (Å²) in [6.45, 7) is 0. The summed E-state index contributed by atoms with van der Waals surface area (Å²) >= 11 is 2.89. The maximum atomic E-state index is 12.3. The van der Waals surface area contributed by atoms with Crippen LogP contribution in [0.4, 0.5) is 10.5 Å². The summed E-state index contributed by atoms with van der Waals surface area (Å²) in [5.74, 6) is 0.408. The fourth-order valence-corrected chi connectivity index (χ4v) is 4.36. The number of benzene rings is 2. The first kappa shape index (κ1) is 20.8. The number of nitrogens with one attached hydrogen (secondary N) is 2. The number of anilines is 1. The van der Waals surface area contributed by atoms with E-state index in [0.717, 1.165) is 11.5 Å². The van der Waals surface area contributed by atoms with Crippen LogP contribution in [0.3, 0.4) is 0 Å². The molecule has 0 radical (unpaired) electrons. The minimum Gasteiger partial charge on any atom is -0.308 e. The Kier molecular flexibility index (Phi) is 6.75. The zero-order valence-electron chi connectivity index (χ0n) is 16.4. The number of amides is 3. The van der Waals surface area contributed by atoms with Gasteiger partial charge in [-0.05, 0) is 35.7 Å². The van der Waals surface area contributed by atoms with Crippen LogP contribution in [-0.4, -0.2) is 32.5 Å². The monoisotopic (exact) mass is 449 g/mol. The van der Waals surface area contributed by atoms with Gasteiger partial charge >= 0.3 is 6.03 Å². The van der Waals surface area contributed by atoms with Gasteiger partial charge in [0.1, 0.15) is 5.82 Å². The summed E-state index contributed by atoms with van der Waals surface area (Å²) in [5.41, 5.74) is 1.53. The third kappa shape index (κ3) is 5.59. The zero-order chi connectivity index (χ0) is 21.5. The van der Waals surface area contributed by atoms with E-state index in [1.54, 1.807) is 35.6 Å². The van der Waals surface area contributed by atoms with Crippen molar-refractivity contribution in [2.24, 2.45) is 0 Å². The lowest BCUT2D eigenvalue weighted by molar-refractivity contribution is -0.117. The number of para-hydroxylation sites is 2. The van der Waals surface area contributed by atoms with Crippen LogP contribution in [-0.2, 0) is 11.2 Å². The number of urea groups is 1. The summed E-state index contributed by atoms with van der Waals surface area (Å²) in [6, 6.07) is 22.2. The number of carbonyl (C=O) groups is 2. The third-order valence-corrected chi connectivity index (χ3v) is 6.05. The second-order valence-electron chi connectivity index (χ2n) is 6.48. The van der Waals surface area contributed by atoms with Crippen molar-refractivity contribution in [2.45, 2.75) is 11.6 Å². The van der Waals surface area contributed by atoms with Crippen LogP contribution in [0.25, 0.3) is 5.69 Å². The number of nitrogens with zero attached hydrogens (tertiary/aromatic N) is 3. The second kappa shape index (κ2) is 10.1. The Morgan fingerprint density at radius 2 is 1.68 bits per heavy atom.